The zero-order chi connectivity index (χ0) is 13.8. The highest BCUT2D eigenvalue weighted by Gasteiger charge is 2.25. The summed E-state index contributed by atoms with van der Waals surface area (Å²) in [7, 11) is 1.84. The summed E-state index contributed by atoms with van der Waals surface area (Å²) < 4.78 is 0. The van der Waals surface area contributed by atoms with Crippen molar-refractivity contribution in [3.63, 3.8) is 0 Å². The van der Waals surface area contributed by atoms with Crippen molar-refractivity contribution in [3.8, 4) is 0 Å². The quantitative estimate of drug-likeness (QED) is 0.832. The maximum atomic E-state index is 11.4. The maximum absolute atomic E-state index is 11.4. The zero-order valence-corrected chi connectivity index (χ0v) is 11.4. The molecule has 6 nitrogen and oxygen atoms in total. The number of hydrogen-bond acceptors (Lipinski definition) is 5. The van der Waals surface area contributed by atoms with Crippen LogP contribution in [0, 0.1) is 6.92 Å². The predicted molar refractivity (Wildman–Crippen MR) is 72.0 cm³/mol. The van der Waals surface area contributed by atoms with Gasteiger partial charge in [-0.25, -0.2) is 9.97 Å². The van der Waals surface area contributed by atoms with Crippen LogP contribution in [0.2, 0.25) is 0 Å². The molecule has 104 valence electrons. The number of aliphatic hydroxyl groups excluding tert-OH is 1. The lowest BCUT2D eigenvalue weighted by Crippen LogP contribution is -2.39. The van der Waals surface area contributed by atoms with Crippen LogP contribution in [0.15, 0.2) is 6.07 Å². The van der Waals surface area contributed by atoms with Crippen molar-refractivity contribution in [1.29, 1.82) is 0 Å². The first-order valence-electron chi connectivity index (χ1n) is 6.56. The molecule has 1 fully saturated rings. The minimum absolute atomic E-state index is 0.195. The van der Waals surface area contributed by atoms with Gasteiger partial charge >= 0.3 is 0 Å². The Balaban J connectivity index is 2.05. The number of carbonyl (C=O) groups is 1. The Labute approximate surface area is 112 Å². The van der Waals surface area contributed by atoms with Crippen LogP contribution in [0.4, 0.5) is 5.82 Å². The molecule has 2 heterocycles. The number of hydrogen-bond donors (Lipinski definition) is 2. The molecular weight excluding hydrogens is 244 g/mol. The van der Waals surface area contributed by atoms with Gasteiger partial charge in [-0.15, -0.1) is 0 Å². The topological polar surface area (TPSA) is 78.4 Å². The number of nitrogens with one attached hydrogen (secondary N) is 1. The minimum atomic E-state index is -0.407. The summed E-state index contributed by atoms with van der Waals surface area (Å²) in [5.74, 6) is 1.77. The number of anilines is 1. The van der Waals surface area contributed by atoms with E-state index in [4.69, 9.17) is 5.11 Å². The van der Waals surface area contributed by atoms with E-state index in [2.05, 4.69) is 15.3 Å². The average molecular weight is 264 g/mol. The van der Waals surface area contributed by atoms with Crippen molar-refractivity contribution in [2.24, 2.45) is 0 Å². The summed E-state index contributed by atoms with van der Waals surface area (Å²) in [6.45, 7) is 2.87. The molecule has 2 rings (SSSR count). The lowest BCUT2D eigenvalue weighted by molar-refractivity contribution is -0.135. The van der Waals surface area contributed by atoms with E-state index in [0.29, 0.717) is 13.1 Å². The smallest absolute Gasteiger partial charge is 0.248 e. The van der Waals surface area contributed by atoms with Crippen LogP contribution in [0.25, 0.3) is 0 Å². The fraction of sp³-hybridized carbons (Fsp3) is 0.615. The molecular formula is C13H20N4O2. The number of amides is 1. The number of piperidine rings is 1. The van der Waals surface area contributed by atoms with E-state index in [9.17, 15) is 4.79 Å². The van der Waals surface area contributed by atoms with Crippen molar-refractivity contribution in [2.45, 2.75) is 25.7 Å². The first kappa shape index (κ1) is 13.7. The Morgan fingerprint density at radius 1 is 1.47 bits per heavy atom. The molecule has 0 atom stereocenters. The predicted octanol–water partition coefficient (Wildman–Crippen LogP) is 0.525. The molecule has 1 aliphatic heterocycles. The Morgan fingerprint density at radius 3 is 2.74 bits per heavy atom. The third-order valence-electron chi connectivity index (χ3n) is 3.48. The van der Waals surface area contributed by atoms with E-state index in [1.54, 1.807) is 4.90 Å². The SMILES string of the molecule is CNc1cc(C)nc(C2CCN(C(=O)CO)CC2)n1. The van der Waals surface area contributed by atoms with Crippen LogP contribution in [0.3, 0.4) is 0 Å². The van der Waals surface area contributed by atoms with Gasteiger partial charge in [-0.1, -0.05) is 0 Å². The first-order valence-corrected chi connectivity index (χ1v) is 6.56. The third-order valence-corrected chi connectivity index (χ3v) is 3.48. The summed E-state index contributed by atoms with van der Waals surface area (Å²) in [6.07, 6.45) is 1.69. The van der Waals surface area contributed by atoms with E-state index in [1.165, 1.54) is 0 Å². The minimum Gasteiger partial charge on any atom is -0.387 e. The lowest BCUT2D eigenvalue weighted by atomic mass is 9.96. The van der Waals surface area contributed by atoms with Crippen LogP contribution in [0.5, 0.6) is 0 Å². The number of likely N-dealkylation sites (tertiary alicyclic amines) is 1. The fourth-order valence-corrected chi connectivity index (χ4v) is 2.39. The maximum Gasteiger partial charge on any atom is 0.248 e. The van der Waals surface area contributed by atoms with Gasteiger partial charge in [0.15, 0.2) is 0 Å². The number of rotatable bonds is 3. The van der Waals surface area contributed by atoms with Gasteiger partial charge in [0.05, 0.1) is 0 Å². The first-order chi connectivity index (χ1) is 9.13. The van der Waals surface area contributed by atoms with E-state index < -0.39 is 6.61 Å². The molecule has 6 heteroatoms. The molecule has 0 unspecified atom stereocenters. The standard InChI is InChI=1S/C13H20N4O2/c1-9-7-11(14-2)16-13(15-9)10-3-5-17(6-4-10)12(19)8-18/h7,10,18H,3-6,8H2,1-2H3,(H,14,15,16). The van der Waals surface area contributed by atoms with Gasteiger partial charge < -0.3 is 15.3 Å². The summed E-state index contributed by atoms with van der Waals surface area (Å²) in [5, 5.41) is 11.9. The zero-order valence-electron chi connectivity index (χ0n) is 11.4. The number of aromatic nitrogens is 2. The molecule has 0 aromatic carbocycles. The number of nitrogens with zero attached hydrogens (tertiary/aromatic N) is 3. The van der Waals surface area contributed by atoms with E-state index >= 15 is 0 Å². The second-order valence-corrected chi connectivity index (χ2v) is 4.82. The summed E-state index contributed by atoms with van der Waals surface area (Å²) >= 11 is 0. The molecule has 19 heavy (non-hydrogen) atoms. The summed E-state index contributed by atoms with van der Waals surface area (Å²) in [4.78, 5) is 22.1. The van der Waals surface area contributed by atoms with E-state index in [1.807, 2.05) is 20.0 Å². The van der Waals surface area contributed by atoms with E-state index in [0.717, 1.165) is 30.2 Å². The Hall–Kier alpha value is -1.69. The number of aryl methyl sites for hydroxylation is 1. The molecule has 0 saturated carbocycles. The molecule has 0 spiro atoms. The van der Waals surface area contributed by atoms with Gasteiger partial charge in [0.1, 0.15) is 18.2 Å². The second kappa shape index (κ2) is 5.97. The number of carbonyl (C=O) groups excluding carboxylic acids is 1. The monoisotopic (exact) mass is 264 g/mol. The highest BCUT2D eigenvalue weighted by Crippen LogP contribution is 2.26. The van der Waals surface area contributed by atoms with Gasteiger partial charge in [0, 0.05) is 37.8 Å². The largest absolute Gasteiger partial charge is 0.387 e. The molecule has 0 radical (unpaired) electrons. The van der Waals surface area contributed by atoms with Crippen molar-refractivity contribution < 1.29 is 9.90 Å². The second-order valence-electron chi connectivity index (χ2n) is 4.82. The summed E-state index contributed by atoms with van der Waals surface area (Å²) in [6, 6.07) is 1.91. The lowest BCUT2D eigenvalue weighted by Gasteiger charge is -2.31. The van der Waals surface area contributed by atoms with Gasteiger partial charge in [-0.3, -0.25) is 4.79 Å². The third kappa shape index (κ3) is 3.20. The molecule has 1 aliphatic rings. The highest BCUT2D eigenvalue weighted by molar-refractivity contribution is 5.77. The molecule has 2 N–H and O–H groups in total. The number of aliphatic hydroxyl groups is 1. The van der Waals surface area contributed by atoms with Crippen LogP contribution in [-0.2, 0) is 4.79 Å². The van der Waals surface area contributed by atoms with Crippen molar-refractivity contribution >= 4 is 11.7 Å². The molecule has 0 bridgehead atoms. The highest BCUT2D eigenvalue weighted by atomic mass is 16.3. The Morgan fingerprint density at radius 2 is 2.16 bits per heavy atom. The normalized spacial score (nSPS) is 16.5. The van der Waals surface area contributed by atoms with Crippen LogP contribution < -0.4 is 5.32 Å². The Kier molecular flexibility index (Phi) is 4.31. The van der Waals surface area contributed by atoms with Gasteiger partial charge in [0.2, 0.25) is 5.91 Å². The van der Waals surface area contributed by atoms with Crippen LogP contribution in [0.1, 0.15) is 30.3 Å². The van der Waals surface area contributed by atoms with Crippen molar-refractivity contribution in [3.05, 3.63) is 17.6 Å². The molecule has 1 aromatic heterocycles. The van der Waals surface area contributed by atoms with Crippen molar-refractivity contribution in [2.75, 3.05) is 32.1 Å². The average Bonchev–Trinajstić information content (AvgIpc) is 2.46. The van der Waals surface area contributed by atoms with Gasteiger partial charge in [-0.05, 0) is 19.8 Å². The van der Waals surface area contributed by atoms with Gasteiger partial charge in [0.25, 0.3) is 0 Å². The van der Waals surface area contributed by atoms with E-state index in [-0.39, 0.29) is 11.8 Å². The molecule has 1 saturated heterocycles. The molecule has 0 aliphatic carbocycles. The fourth-order valence-electron chi connectivity index (χ4n) is 2.39. The Bertz CT molecular complexity index is 456. The summed E-state index contributed by atoms with van der Waals surface area (Å²) in [5.41, 5.74) is 0.947. The van der Waals surface area contributed by atoms with Gasteiger partial charge in [-0.2, -0.15) is 0 Å². The van der Waals surface area contributed by atoms with Crippen LogP contribution in [-0.4, -0.2) is 52.6 Å². The molecule has 1 aromatic rings. The molecule has 1 amide bonds. The van der Waals surface area contributed by atoms with Crippen LogP contribution >= 0.6 is 0 Å². The van der Waals surface area contributed by atoms with Crippen molar-refractivity contribution in [1.82, 2.24) is 14.9 Å².